The van der Waals surface area contributed by atoms with Crippen LogP contribution in [-0.4, -0.2) is 23.5 Å². The third-order valence-corrected chi connectivity index (χ3v) is 6.48. The highest BCUT2D eigenvalue weighted by Gasteiger charge is 2.45. The molecule has 0 unspecified atom stereocenters. The zero-order chi connectivity index (χ0) is 32.4. The van der Waals surface area contributed by atoms with E-state index in [0.717, 1.165) is 30.3 Å². The Labute approximate surface area is 242 Å². The molecule has 44 heavy (non-hydrogen) atoms. The minimum absolute atomic E-state index is 0.0735. The van der Waals surface area contributed by atoms with Gasteiger partial charge in [0.2, 0.25) is 0 Å². The normalized spacial score (nSPS) is 13.4. The number of phenols is 1. The molecule has 0 aromatic heterocycles. The number of carbonyl (C=O) groups excluding carboxylic acids is 1. The maximum Gasteiger partial charge on any atom is 0.461 e. The smallest absolute Gasteiger partial charge is 0.461 e. The summed E-state index contributed by atoms with van der Waals surface area (Å²) in [7, 11) is 0. The van der Waals surface area contributed by atoms with E-state index in [2.05, 4.69) is 10.1 Å². The Kier molecular flexibility index (Phi) is 8.84. The molecule has 0 aliphatic rings. The number of alkyl halides is 7. The molecule has 1 atom stereocenters. The summed E-state index contributed by atoms with van der Waals surface area (Å²) in [5.41, 5.74) is -4.93. The molecule has 4 nitrogen and oxygen atoms in total. The number of carbonyl (C=O) groups is 1. The number of nitrogens with one attached hydrogen (secondary N) is 1. The molecule has 1 amide bonds. The SMILES string of the molecule is O=C(N[C@](Cc1ccc(O)cc1)(c1ccc(F)cc1)c1cc(F)cc(OC(F)(F)C(F)F)c1)c1ccc(F)c(C(F)(F)F)c1. The lowest BCUT2D eigenvalue weighted by atomic mass is 9.77. The average molecular weight is 631 g/mol. The maximum atomic E-state index is 14.9. The molecule has 14 heteroatoms. The van der Waals surface area contributed by atoms with E-state index in [4.69, 9.17) is 0 Å². The third kappa shape index (κ3) is 7.06. The number of amides is 1. The summed E-state index contributed by atoms with van der Waals surface area (Å²) in [6.45, 7) is 0. The molecule has 4 rings (SSSR count). The van der Waals surface area contributed by atoms with E-state index >= 15 is 0 Å². The van der Waals surface area contributed by atoms with Crippen molar-refractivity contribution < 1.29 is 58.5 Å². The van der Waals surface area contributed by atoms with Crippen LogP contribution in [0, 0.1) is 17.5 Å². The molecule has 0 saturated carbocycles. The van der Waals surface area contributed by atoms with Gasteiger partial charge in [0.1, 0.15) is 29.0 Å². The maximum absolute atomic E-state index is 14.9. The molecule has 2 N–H and O–H groups in total. The lowest BCUT2D eigenvalue weighted by Gasteiger charge is -2.37. The van der Waals surface area contributed by atoms with Crippen molar-refractivity contribution in [2.45, 2.75) is 30.7 Å². The Morgan fingerprint density at radius 3 is 2.00 bits per heavy atom. The van der Waals surface area contributed by atoms with Crippen molar-refractivity contribution in [2.75, 3.05) is 0 Å². The zero-order valence-electron chi connectivity index (χ0n) is 21.9. The van der Waals surface area contributed by atoms with Crippen LogP contribution in [0.2, 0.25) is 0 Å². The summed E-state index contributed by atoms with van der Waals surface area (Å²) in [4.78, 5) is 13.5. The van der Waals surface area contributed by atoms with E-state index in [1.807, 2.05) is 0 Å². The quantitative estimate of drug-likeness (QED) is 0.184. The summed E-state index contributed by atoms with van der Waals surface area (Å²) in [5.74, 6) is -6.40. The molecule has 0 heterocycles. The molecule has 4 aromatic rings. The molecule has 232 valence electrons. The fourth-order valence-electron chi connectivity index (χ4n) is 4.43. The van der Waals surface area contributed by atoms with E-state index in [1.54, 1.807) is 0 Å². The van der Waals surface area contributed by atoms with E-state index in [1.165, 1.54) is 24.3 Å². The molecule has 0 aliphatic heterocycles. The molecule has 0 spiro atoms. The number of rotatable bonds is 9. The van der Waals surface area contributed by atoms with Crippen LogP contribution in [0.5, 0.6) is 11.5 Å². The summed E-state index contributed by atoms with van der Waals surface area (Å²) in [5, 5.41) is 12.1. The Hall–Kier alpha value is -4.75. The Morgan fingerprint density at radius 2 is 1.41 bits per heavy atom. The molecule has 0 radical (unpaired) electrons. The number of phenolic OH excluding ortho intramolecular Hbond substituents is 1. The van der Waals surface area contributed by atoms with Crippen LogP contribution >= 0.6 is 0 Å². The number of hydrogen-bond donors (Lipinski definition) is 2. The van der Waals surface area contributed by atoms with E-state index < -0.39 is 76.5 Å². The number of halogens is 10. The Bertz CT molecular complexity index is 1640. The van der Waals surface area contributed by atoms with Gasteiger partial charge in [-0.25, -0.2) is 13.2 Å². The lowest BCUT2D eigenvalue weighted by Crippen LogP contribution is -2.48. The molecule has 0 aliphatic carbocycles. The predicted octanol–water partition coefficient (Wildman–Crippen LogP) is 7.98. The first-order valence-electron chi connectivity index (χ1n) is 12.4. The van der Waals surface area contributed by atoms with Crippen LogP contribution in [0.4, 0.5) is 43.9 Å². The van der Waals surface area contributed by atoms with Gasteiger partial charge >= 0.3 is 18.7 Å². The van der Waals surface area contributed by atoms with Crippen LogP contribution < -0.4 is 10.1 Å². The number of benzene rings is 4. The number of ether oxygens (including phenoxy) is 1. The Morgan fingerprint density at radius 1 is 0.773 bits per heavy atom. The largest absolute Gasteiger partial charge is 0.508 e. The van der Waals surface area contributed by atoms with Crippen molar-refractivity contribution in [3.05, 3.63) is 130 Å². The molecule has 0 fully saturated rings. The first-order chi connectivity index (χ1) is 20.5. The van der Waals surface area contributed by atoms with Crippen molar-refractivity contribution in [3.8, 4) is 11.5 Å². The van der Waals surface area contributed by atoms with E-state index in [9.17, 15) is 53.8 Å². The number of hydrogen-bond acceptors (Lipinski definition) is 3. The molecule has 0 bridgehead atoms. The minimum atomic E-state index is -5.20. The fraction of sp³-hybridized carbons (Fsp3) is 0.167. The second-order valence-corrected chi connectivity index (χ2v) is 9.54. The van der Waals surface area contributed by atoms with Gasteiger partial charge in [-0.15, -0.1) is 0 Å². The van der Waals surface area contributed by atoms with Crippen LogP contribution in [0.1, 0.15) is 32.6 Å². The first kappa shape index (κ1) is 32.2. The van der Waals surface area contributed by atoms with Crippen molar-refractivity contribution in [2.24, 2.45) is 0 Å². The first-order valence-corrected chi connectivity index (χ1v) is 12.4. The van der Waals surface area contributed by atoms with Crippen molar-refractivity contribution in [1.29, 1.82) is 0 Å². The van der Waals surface area contributed by atoms with Crippen LogP contribution in [0.25, 0.3) is 0 Å². The molecular weight excluding hydrogens is 612 g/mol. The van der Waals surface area contributed by atoms with E-state index in [0.29, 0.717) is 24.3 Å². The van der Waals surface area contributed by atoms with Gasteiger partial charge in [-0.05, 0) is 71.3 Å². The molecule has 0 saturated heterocycles. The monoisotopic (exact) mass is 631 g/mol. The topological polar surface area (TPSA) is 58.6 Å². The zero-order valence-corrected chi connectivity index (χ0v) is 21.9. The van der Waals surface area contributed by atoms with Gasteiger partial charge in [0, 0.05) is 18.1 Å². The minimum Gasteiger partial charge on any atom is -0.508 e. The molecule has 4 aromatic carbocycles. The molecular formula is C30H19F10NO3. The van der Waals surface area contributed by atoms with Crippen molar-refractivity contribution in [3.63, 3.8) is 0 Å². The van der Waals surface area contributed by atoms with E-state index in [-0.39, 0.29) is 22.9 Å². The van der Waals surface area contributed by atoms with Crippen molar-refractivity contribution >= 4 is 5.91 Å². The summed E-state index contributed by atoms with van der Waals surface area (Å²) in [6, 6.07) is 12.2. The second-order valence-electron chi connectivity index (χ2n) is 9.54. The highest BCUT2D eigenvalue weighted by Crippen LogP contribution is 2.39. The van der Waals surface area contributed by atoms with Gasteiger partial charge < -0.3 is 15.2 Å². The van der Waals surface area contributed by atoms with Crippen LogP contribution in [-0.2, 0) is 18.1 Å². The summed E-state index contributed by atoms with van der Waals surface area (Å²) >= 11 is 0. The van der Waals surface area contributed by atoms with Crippen LogP contribution in [0.3, 0.4) is 0 Å². The van der Waals surface area contributed by atoms with Gasteiger partial charge in [-0.2, -0.15) is 30.7 Å². The third-order valence-electron chi connectivity index (χ3n) is 6.48. The highest BCUT2D eigenvalue weighted by molar-refractivity contribution is 5.95. The van der Waals surface area contributed by atoms with Gasteiger partial charge in [-0.1, -0.05) is 24.3 Å². The van der Waals surface area contributed by atoms with Gasteiger partial charge in [0.05, 0.1) is 11.1 Å². The Balaban J connectivity index is 1.96. The standard InChI is InChI=1S/C30H19F10NO3/c31-20-6-4-18(5-7-20)28(15-16-1-8-22(42)9-2-16,19-12-21(32)14-23(13-19)44-30(39,40)27(34)35)41-26(43)17-3-10-25(33)24(11-17)29(36,37)38/h1-14,27,42H,15H2,(H,41,43)/t28-/m1/s1. The lowest BCUT2D eigenvalue weighted by molar-refractivity contribution is -0.253. The summed E-state index contributed by atoms with van der Waals surface area (Å²) < 4.78 is 140. The average Bonchev–Trinajstić information content (AvgIpc) is 2.93. The fourth-order valence-corrected chi connectivity index (χ4v) is 4.43. The van der Waals surface area contributed by atoms with Gasteiger partial charge in [0.15, 0.2) is 0 Å². The summed E-state index contributed by atoms with van der Waals surface area (Å²) in [6.07, 6.45) is -15.1. The second kappa shape index (κ2) is 12.1. The van der Waals surface area contributed by atoms with Crippen molar-refractivity contribution in [1.82, 2.24) is 5.32 Å². The van der Waals surface area contributed by atoms with Gasteiger partial charge in [0.25, 0.3) is 5.91 Å². The van der Waals surface area contributed by atoms with Crippen LogP contribution in [0.15, 0.2) is 84.9 Å². The highest BCUT2D eigenvalue weighted by atomic mass is 19.4. The predicted molar refractivity (Wildman–Crippen MR) is 136 cm³/mol. The van der Waals surface area contributed by atoms with Gasteiger partial charge in [-0.3, -0.25) is 4.79 Å². The number of aromatic hydroxyl groups is 1.